The standard InChI is InChI=1S/C10H17N3OS/c1-3-13(4-2)10(14)8-11-7-9-12-5-6-15-9/h5-6,11H,3-4,7-8H2,1-2H3. The summed E-state index contributed by atoms with van der Waals surface area (Å²) in [6.45, 7) is 6.58. The van der Waals surface area contributed by atoms with Crippen molar-refractivity contribution in [3.05, 3.63) is 16.6 Å². The van der Waals surface area contributed by atoms with E-state index in [1.54, 1.807) is 17.5 Å². The summed E-state index contributed by atoms with van der Waals surface area (Å²) in [5.74, 6) is 0.150. The molecule has 0 saturated carbocycles. The van der Waals surface area contributed by atoms with Crippen molar-refractivity contribution in [1.82, 2.24) is 15.2 Å². The zero-order valence-electron chi connectivity index (χ0n) is 9.19. The van der Waals surface area contributed by atoms with Gasteiger partial charge in [-0.25, -0.2) is 4.98 Å². The largest absolute Gasteiger partial charge is 0.342 e. The molecule has 4 nitrogen and oxygen atoms in total. The maximum Gasteiger partial charge on any atom is 0.236 e. The van der Waals surface area contributed by atoms with Gasteiger partial charge in [-0.2, -0.15) is 0 Å². The predicted octanol–water partition coefficient (Wildman–Crippen LogP) is 1.10. The van der Waals surface area contributed by atoms with Crippen LogP contribution in [0.25, 0.3) is 0 Å². The zero-order valence-corrected chi connectivity index (χ0v) is 10.0. The molecule has 1 N–H and O–H groups in total. The summed E-state index contributed by atoms with van der Waals surface area (Å²) in [5, 5.41) is 6.04. The molecule has 1 rings (SSSR count). The summed E-state index contributed by atoms with van der Waals surface area (Å²) in [4.78, 5) is 17.5. The van der Waals surface area contributed by atoms with Crippen LogP contribution in [0.15, 0.2) is 11.6 Å². The molecule has 0 aliphatic carbocycles. The van der Waals surface area contributed by atoms with E-state index in [1.165, 1.54) is 0 Å². The molecule has 0 saturated heterocycles. The number of nitrogens with zero attached hydrogens (tertiary/aromatic N) is 2. The van der Waals surface area contributed by atoms with Gasteiger partial charge in [0.1, 0.15) is 5.01 Å². The average Bonchev–Trinajstić information content (AvgIpc) is 2.72. The molecule has 1 aromatic rings. The first-order valence-electron chi connectivity index (χ1n) is 5.14. The highest BCUT2D eigenvalue weighted by Gasteiger charge is 2.08. The second kappa shape index (κ2) is 6.53. The molecule has 1 amide bonds. The van der Waals surface area contributed by atoms with E-state index in [4.69, 9.17) is 0 Å². The number of rotatable bonds is 6. The predicted molar refractivity (Wildman–Crippen MR) is 61.7 cm³/mol. The summed E-state index contributed by atoms with van der Waals surface area (Å²) in [6.07, 6.45) is 1.77. The number of likely N-dealkylation sites (N-methyl/N-ethyl adjacent to an activating group) is 1. The second-order valence-electron chi connectivity index (χ2n) is 3.10. The van der Waals surface area contributed by atoms with Crippen LogP contribution in [0.4, 0.5) is 0 Å². The van der Waals surface area contributed by atoms with E-state index in [0.29, 0.717) is 13.1 Å². The van der Waals surface area contributed by atoms with Crippen LogP contribution < -0.4 is 5.32 Å². The third kappa shape index (κ3) is 3.97. The van der Waals surface area contributed by atoms with E-state index in [-0.39, 0.29) is 5.91 Å². The van der Waals surface area contributed by atoms with Gasteiger partial charge >= 0.3 is 0 Å². The average molecular weight is 227 g/mol. The van der Waals surface area contributed by atoms with Crippen molar-refractivity contribution in [2.45, 2.75) is 20.4 Å². The lowest BCUT2D eigenvalue weighted by Gasteiger charge is -2.18. The fraction of sp³-hybridized carbons (Fsp3) is 0.600. The number of thiazole rings is 1. The summed E-state index contributed by atoms with van der Waals surface area (Å²) in [7, 11) is 0. The number of carbonyl (C=O) groups excluding carboxylic acids is 1. The Morgan fingerprint density at radius 1 is 1.53 bits per heavy atom. The van der Waals surface area contributed by atoms with Crippen molar-refractivity contribution >= 4 is 17.2 Å². The summed E-state index contributed by atoms with van der Waals surface area (Å²) in [5.41, 5.74) is 0. The number of hydrogen-bond acceptors (Lipinski definition) is 4. The Hall–Kier alpha value is -0.940. The first kappa shape index (κ1) is 12.1. The molecular formula is C10H17N3OS. The van der Waals surface area contributed by atoms with Crippen molar-refractivity contribution in [3.8, 4) is 0 Å². The highest BCUT2D eigenvalue weighted by molar-refractivity contribution is 7.09. The SMILES string of the molecule is CCN(CC)C(=O)CNCc1nccs1. The van der Waals surface area contributed by atoms with Gasteiger partial charge in [0, 0.05) is 31.2 Å². The van der Waals surface area contributed by atoms with E-state index in [1.807, 2.05) is 24.1 Å². The Bertz CT molecular complexity index is 283. The van der Waals surface area contributed by atoms with Crippen LogP contribution in [0.1, 0.15) is 18.9 Å². The van der Waals surface area contributed by atoms with E-state index >= 15 is 0 Å². The molecule has 0 bridgehead atoms. The number of hydrogen-bond donors (Lipinski definition) is 1. The van der Waals surface area contributed by atoms with Crippen LogP contribution in [-0.2, 0) is 11.3 Å². The van der Waals surface area contributed by atoms with Gasteiger partial charge in [-0.05, 0) is 13.8 Å². The van der Waals surface area contributed by atoms with E-state index < -0.39 is 0 Å². The lowest BCUT2D eigenvalue weighted by atomic mass is 10.4. The normalized spacial score (nSPS) is 10.3. The van der Waals surface area contributed by atoms with Gasteiger partial charge < -0.3 is 10.2 Å². The molecule has 15 heavy (non-hydrogen) atoms. The lowest BCUT2D eigenvalue weighted by molar-refractivity contribution is -0.129. The third-order valence-corrected chi connectivity index (χ3v) is 2.93. The Labute approximate surface area is 94.3 Å². The highest BCUT2D eigenvalue weighted by atomic mass is 32.1. The minimum atomic E-state index is 0.150. The Kier molecular flexibility index (Phi) is 5.28. The smallest absolute Gasteiger partial charge is 0.236 e. The molecular weight excluding hydrogens is 210 g/mol. The first-order valence-corrected chi connectivity index (χ1v) is 6.02. The second-order valence-corrected chi connectivity index (χ2v) is 4.07. The van der Waals surface area contributed by atoms with E-state index in [2.05, 4.69) is 10.3 Å². The number of aromatic nitrogens is 1. The van der Waals surface area contributed by atoms with Crippen molar-refractivity contribution in [3.63, 3.8) is 0 Å². The molecule has 0 spiro atoms. The molecule has 0 atom stereocenters. The summed E-state index contributed by atoms with van der Waals surface area (Å²) >= 11 is 1.60. The molecule has 0 aliphatic heterocycles. The van der Waals surface area contributed by atoms with Crippen LogP contribution in [0.5, 0.6) is 0 Å². The molecule has 0 aliphatic rings. The topological polar surface area (TPSA) is 45.2 Å². The maximum absolute atomic E-state index is 11.6. The molecule has 1 heterocycles. The molecule has 0 radical (unpaired) electrons. The van der Waals surface area contributed by atoms with Gasteiger partial charge in [0.05, 0.1) is 6.54 Å². The minimum Gasteiger partial charge on any atom is -0.342 e. The van der Waals surface area contributed by atoms with Gasteiger partial charge in [0.25, 0.3) is 0 Å². The Balaban J connectivity index is 2.22. The monoisotopic (exact) mass is 227 g/mol. The van der Waals surface area contributed by atoms with Crippen LogP contribution in [0.2, 0.25) is 0 Å². The van der Waals surface area contributed by atoms with E-state index in [0.717, 1.165) is 18.1 Å². The van der Waals surface area contributed by atoms with Gasteiger partial charge in [-0.1, -0.05) is 0 Å². The molecule has 5 heteroatoms. The van der Waals surface area contributed by atoms with Crippen LogP contribution in [-0.4, -0.2) is 35.4 Å². The molecule has 0 aromatic carbocycles. The van der Waals surface area contributed by atoms with Crippen LogP contribution >= 0.6 is 11.3 Å². The fourth-order valence-corrected chi connectivity index (χ4v) is 1.89. The Morgan fingerprint density at radius 3 is 2.80 bits per heavy atom. The maximum atomic E-state index is 11.6. The minimum absolute atomic E-state index is 0.150. The lowest BCUT2D eigenvalue weighted by Crippen LogP contribution is -2.37. The first-order chi connectivity index (χ1) is 7.27. The summed E-state index contributed by atoms with van der Waals surface area (Å²) in [6, 6.07) is 0. The number of nitrogens with one attached hydrogen (secondary N) is 1. The number of amides is 1. The van der Waals surface area contributed by atoms with Gasteiger partial charge in [0.15, 0.2) is 0 Å². The molecule has 84 valence electrons. The van der Waals surface area contributed by atoms with Gasteiger partial charge in [0.2, 0.25) is 5.91 Å². The van der Waals surface area contributed by atoms with Crippen LogP contribution in [0.3, 0.4) is 0 Å². The fourth-order valence-electron chi connectivity index (χ4n) is 1.30. The van der Waals surface area contributed by atoms with Crippen molar-refractivity contribution in [2.75, 3.05) is 19.6 Å². The molecule has 0 unspecified atom stereocenters. The van der Waals surface area contributed by atoms with E-state index in [9.17, 15) is 4.79 Å². The number of carbonyl (C=O) groups is 1. The molecule has 0 fully saturated rings. The zero-order chi connectivity index (χ0) is 11.1. The van der Waals surface area contributed by atoms with Crippen molar-refractivity contribution in [1.29, 1.82) is 0 Å². The summed E-state index contributed by atoms with van der Waals surface area (Å²) < 4.78 is 0. The van der Waals surface area contributed by atoms with Crippen molar-refractivity contribution in [2.24, 2.45) is 0 Å². The molecule has 1 aromatic heterocycles. The quantitative estimate of drug-likeness (QED) is 0.791. The van der Waals surface area contributed by atoms with Gasteiger partial charge in [-0.15, -0.1) is 11.3 Å². The Morgan fingerprint density at radius 2 is 2.27 bits per heavy atom. The van der Waals surface area contributed by atoms with Gasteiger partial charge in [-0.3, -0.25) is 4.79 Å². The van der Waals surface area contributed by atoms with Crippen LogP contribution in [0, 0.1) is 0 Å². The third-order valence-electron chi connectivity index (χ3n) is 2.15. The highest BCUT2D eigenvalue weighted by Crippen LogP contribution is 2.02. The van der Waals surface area contributed by atoms with Crippen molar-refractivity contribution < 1.29 is 4.79 Å².